The molecule has 1 saturated heterocycles. The Hall–Kier alpha value is -2.63. The van der Waals surface area contributed by atoms with Crippen LogP contribution in [0.5, 0.6) is 0 Å². The lowest BCUT2D eigenvalue weighted by molar-refractivity contribution is -0.235. The Morgan fingerprint density at radius 3 is 2.67 bits per heavy atom. The van der Waals surface area contributed by atoms with Crippen LogP contribution in [-0.2, 0) is 32.0 Å². The smallest absolute Gasteiger partial charge is 0.329 e. The highest BCUT2D eigenvalue weighted by Gasteiger charge is 2.47. The number of hydrogen-bond donors (Lipinski definition) is 0. The van der Waals surface area contributed by atoms with Crippen molar-refractivity contribution in [3.63, 3.8) is 0 Å². The van der Waals surface area contributed by atoms with Crippen LogP contribution in [0.15, 0.2) is 23.2 Å². The number of aliphatic imine (C=N–C) groups is 1. The van der Waals surface area contributed by atoms with Crippen molar-refractivity contribution in [1.29, 1.82) is 0 Å². The number of esters is 2. The number of aryl methyl sites for hydroxylation is 2. The highest BCUT2D eigenvalue weighted by molar-refractivity contribution is 6.18. The van der Waals surface area contributed by atoms with E-state index >= 15 is 0 Å². The molecule has 3 heterocycles. The highest BCUT2D eigenvalue weighted by atomic mass is 16.7. The monoisotopic (exact) mass is 366 g/mol. The van der Waals surface area contributed by atoms with E-state index in [1.165, 1.54) is 22.2 Å². The molecule has 1 aromatic carbocycles. The second-order valence-electron chi connectivity index (χ2n) is 8.17. The van der Waals surface area contributed by atoms with Crippen LogP contribution in [0.3, 0.4) is 0 Å². The molecule has 140 valence electrons. The number of fused-ring (bicyclic) bond motifs is 3. The molecule has 1 fully saturated rings. The van der Waals surface area contributed by atoms with E-state index in [-0.39, 0.29) is 6.04 Å². The first-order chi connectivity index (χ1) is 12.8. The van der Waals surface area contributed by atoms with Crippen LogP contribution >= 0.6 is 0 Å². The largest absolute Gasteiger partial charge is 0.422 e. The SMILES string of the molecule is Cc1ccc2c(c1)c1c3n2CC(C2C(=O)OC(C)(C)OC2=O)=N[C@@H]3CCC1. The van der Waals surface area contributed by atoms with Crippen molar-refractivity contribution in [2.24, 2.45) is 10.9 Å². The molecule has 6 heteroatoms. The number of carbonyl (C=O) groups is 2. The zero-order valence-corrected chi connectivity index (χ0v) is 15.7. The van der Waals surface area contributed by atoms with Gasteiger partial charge in [-0.2, -0.15) is 0 Å². The maximum atomic E-state index is 12.5. The van der Waals surface area contributed by atoms with Crippen LogP contribution in [-0.4, -0.2) is 28.0 Å². The summed E-state index contributed by atoms with van der Waals surface area (Å²) >= 11 is 0. The van der Waals surface area contributed by atoms with Gasteiger partial charge in [-0.3, -0.25) is 14.6 Å². The molecule has 1 aliphatic carbocycles. The summed E-state index contributed by atoms with van der Waals surface area (Å²) in [6.45, 7) is 5.64. The maximum Gasteiger partial charge on any atom is 0.329 e. The average Bonchev–Trinajstić information content (AvgIpc) is 2.88. The third-order valence-corrected chi connectivity index (χ3v) is 5.73. The third-order valence-electron chi connectivity index (χ3n) is 5.73. The fourth-order valence-corrected chi connectivity index (χ4v) is 4.67. The summed E-state index contributed by atoms with van der Waals surface area (Å²) in [5.41, 5.74) is 5.52. The van der Waals surface area contributed by atoms with Gasteiger partial charge in [-0.25, -0.2) is 0 Å². The summed E-state index contributed by atoms with van der Waals surface area (Å²) in [5.74, 6) is -3.43. The Balaban J connectivity index is 1.61. The zero-order chi connectivity index (χ0) is 18.9. The quantitative estimate of drug-likeness (QED) is 0.574. The Labute approximate surface area is 157 Å². The van der Waals surface area contributed by atoms with Crippen LogP contribution in [0, 0.1) is 12.8 Å². The first-order valence-corrected chi connectivity index (χ1v) is 9.48. The van der Waals surface area contributed by atoms with Gasteiger partial charge in [0.2, 0.25) is 0 Å². The lowest BCUT2D eigenvalue weighted by Crippen LogP contribution is -2.50. The number of rotatable bonds is 1. The van der Waals surface area contributed by atoms with Crippen molar-refractivity contribution in [1.82, 2.24) is 4.57 Å². The molecule has 2 aromatic rings. The normalized spacial score (nSPS) is 24.3. The minimum absolute atomic E-state index is 0.0132. The lowest BCUT2D eigenvalue weighted by Gasteiger charge is -2.35. The molecule has 0 N–H and O–H groups in total. The first kappa shape index (κ1) is 16.5. The van der Waals surface area contributed by atoms with Gasteiger partial charge in [-0.1, -0.05) is 11.6 Å². The van der Waals surface area contributed by atoms with E-state index in [1.807, 2.05) is 0 Å². The van der Waals surface area contributed by atoms with Gasteiger partial charge in [0, 0.05) is 30.4 Å². The molecule has 5 rings (SSSR count). The Morgan fingerprint density at radius 1 is 1.19 bits per heavy atom. The van der Waals surface area contributed by atoms with E-state index in [0.717, 1.165) is 24.8 Å². The lowest BCUT2D eigenvalue weighted by atomic mass is 9.90. The third kappa shape index (κ3) is 2.42. The number of aromatic nitrogens is 1. The highest BCUT2D eigenvalue weighted by Crippen LogP contribution is 2.42. The number of carbonyl (C=O) groups excluding carboxylic acids is 2. The molecule has 0 spiro atoms. The van der Waals surface area contributed by atoms with Crippen molar-refractivity contribution in [2.75, 3.05) is 0 Å². The van der Waals surface area contributed by atoms with Crippen molar-refractivity contribution < 1.29 is 19.1 Å². The van der Waals surface area contributed by atoms with Crippen molar-refractivity contribution >= 4 is 28.6 Å². The summed E-state index contributed by atoms with van der Waals surface area (Å²) in [4.78, 5) is 29.9. The number of cyclic esters (lactones) is 2. The molecule has 2 aliphatic heterocycles. The number of ether oxygens (including phenoxy) is 2. The van der Waals surface area contributed by atoms with E-state index in [1.54, 1.807) is 13.8 Å². The Bertz CT molecular complexity index is 1010. The summed E-state index contributed by atoms with van der Waals surface area (Å²) in [6.07, 6.45) is 3.02. The summed E-state index contributed by atoms with van der Waals surface area (Å²) in [6, 6.07) is 6.44. The van der Waals surface area contributed by atoms with Crippen molar-refractivity contribution in [3.05, 3.63) is 35.0 Å². The Morgan fingerprint density at radius 2 is 1.93 bits per heavy atom. The van der Waals surface area contributed by atoms with Gasteiger partial charge in [0.05, 0.1) is 18.3 Å². The minimum atomic E-state index is -1.22. The molecule has 27 heavy (non-hydrogen) atoms. The number of hydrogen-bond acceptors (Lipinski definition) is 5. The molecular formula is C21H22N2O4. The fourth-order valence-electron chi connectivity index (χ4n) is 4.67. The summed E-state index contributed by atoms with van der Waals surface area (Å²) in [5, 5.41) is 1.26. The molecule has 1 aromatic heterocycles. The standard InChI is InChI=1S/C21H22N2O4/c1-11-7-8-16-13(9-11)12-5-4-6-14-18(12)23(16)10-15(22-14)17-19(24)26-21(2,3)27-20(17)25/h7-9,14,17H,4-6,10H2,1-3H3/t14-/m1/s1. The van der Waals surface area contributed by atoms with E-state index in [0.29, 0.717) is 12.3 Å². The van der Waals surface area contributed by atoms with Crippen molar-refractivity contribution in [2.45, 2.75) is 58.4 Å². The van der Waals surface area contributed by atoms with Crippen LogP contribution in [0.25, 0.3) is 10.9 Å². The molecule has 0 unspecified atom stereocenters. The molecular weight excluding hydrogens is 344 g/mol. The molecule has 0 bridgehead atoms. The topological polar surface area (TPSA) is 69.9 Å². The van der Waals surface area contributed by atoms with Crippen LogP contribution in [0.2, 0.25) is 0 Å². The predicted octanol–water partition coefficient (Wildman–Crippen LogP) is 3.23. The molecule has 1 atom stereocenters. The number of nitrogens with zero attached hydrogens (tertiary/aromatic N) is 2. The average molecular weight is 366 g/mol. The van der Waals surface area contributed by atoms with E-state index < -0.39 is 23.6 Å². The summed E-state index contributed by atoms with van der Waals surface area (Å²) < 4.78 is 12.9. The second kappa shape index (κ2) is 5.44. The van der Waals surface area contributed by atoms with Crippen LogP contribution in [0.1, 0.15) is 49.6 Å². The zero-order valence-electron chi connectivity index (χ0n) is 15.7. The van der Waals surface area contributed by atoms with Gasteiger partial charge < -0.3 is 14.0 Å². The fraction of sp³-hybridized carbons (Fsp3) is 0.476. The van der Waals surface area contributed by atoms with Gasteiger partial charge in [0.1, 0.15) is 0 Å². The summed E-state index contributed by atoms with van der Waals surface area (Å²) in [7, 11) is 0. The van der Waals surface area contributed by atoms with E-state index in [2.05, 4.69) is 29.7 Å². The predicted molar refractivity (Wildman–Crippen MR) is 99.5 cm³/mol. The number of benzene rings is 1. The van der Waals surface area contributed by atoms with Crippen LogP contribution < -0.4 is 0 Å². The molecule has 6 nitrogen and oxygen atoms in total. The molecule has 3 aliphatic rings. The van der Waals surface area contributed by atoms with Crippen molar-refractivity contribution in [3.8, 4) is 0 Å². The second-order valence-corrected chi connectivity index (χ2v) is 8.17. The molecule has 0 amide bonds. The van der Waals surface area contributed by atoms with Gasteiger partial charge in [-0.15, -0.1) is 0 Å². The Kier molecular flexibility index (Phi) is 3.33. The maximum absolute atomic E-state index is 12.5. The van der Waals surface area contributed by atoms with Crippen LogP contribution in [0.4, 0.5) is 0 Å². The first-order valence-electron chi connectivity index (χ1n) is 9.48. The molecule has 0 radical (unpaired) electrons. The van der Waals surface area contributed by atoms with Gasteiger partial charge >= 0.3 is 11.9 Å². The molecule has 0 saturated carbocycles. The van der Waals surface area contributed by atoms with E-state index in [4.69, 9.17) is 14.5 Å². The minimum Gasteiger partial charge on any atom is -0.422 e. The van der Waals surface area contributed by atoms with Gasteiger partial charge in [0.25, 0.3) is 5.79 Å². The van der Waals surface area contributed by atoms with Gasteiger partial charge in [0.15, 0.2) is 5.92 Å². The van der Waals surface area contributed by atoms with Gasteiger partial charge in [-0.05, 0) is 43.9 Å². The van der Waals surface area contributed by atoms with E-state index in [9.17, 15) is 9.59 Å².